The summed E-state index contributed by atoms with van der Waals surface area (Å²) in [7, 11) is 5.29. The van der Waals surface area contributed by atoms with E-state index in [1.165, 1.54) is 18.5 Å². The van der Waals surface area contributed by atoms with E-state index in [-0.39, 0.29) is 11.4 Å². The molecular formula is C23H29FN4O4. The maximum atomic E-state index is 14.4. The van der Waals surface area contributed by atoms with E-state index in [4.69, 9.17) is 14.2 Å². The second-order valence-electron chi connectivity index (χ2n) is 7.43. The Balaban J connectivity index is 1.79. The molecule has 1 heterocycles. The van der Waals surface area contributed by atoms with Gasteiger partial charge in [0.05, 0.1) is 31.5 Å². The van der Waals surface area contributed by atoms with Crippen molar-refractivity contribution in [3.8, 4) is 17.2 Å². The minimum absolute atomic E-state index is 0.00612. The standard InChI is InChI=1S/C23H29FN4O4/c1-15-19(29)7-6-17(24)22(15)27-23-16-12-20(31-4)21(13-18(16)25-14-26-23)32-10-5-8-28(2)9-11-30-3/h6-7,12-14,29H,5,8-11H2,1-4H3,(H,25,26,27). The third-order valence-corrected chi connectivity index (χ3v) is 5.17. The largest absolute Gasteiger partial charge is 0.508 e. The molecule has 0 bridgehead atoms. The van der Waals surface area contributed by atoms with E-state index in [0.717, 1.165) is 19.5 Å². The van der Waals surface area contributed by atoms with Crippen molar-refractivity contribution in [3.63, 3.8) is 0 Å². The number of phenolic OH excluding ortho intramolecular Hbond substituents is 1. The normalized spacial score (nSPS) is 11.2. The van der Waals surface area contributed by atoms with Gasteiger partial charge in [-0.1, -0.05) is 0 Å². The highest BCUT2D eigenvalue weighted by Crippen LogP contribution is 2.36. The third kappa shape index (κ3) is 5.54. The molecule has 0 saturated heterocycles. The number of nitrogens with zero attached hydrogens (tertiary/aromatic N) is 3. The van der Waals surface area contributed by atoms with Gasteiger partial charge in [0.1, 0.15) is 23.7 Å². The van der Waals surface area contributed by atoms with Crippen molar-refractivity contribution in [2.24, 2.45) is 0 Å². The summed E-state index contributed by atoms with van der Waals surface area (Å²) in [6.45, 7) is 4.58. The Morgan fingerprint density at radius 3 is 2.66 bits per heavy atom. The molecule has 172 valence electrons. The predicted octanol–water partition coefficient (Wildman–Crippen LogP) is 3.88. The summed E-state index contributed by atoms with van der Waals surface area (Å²) < 4.78 is 30.9. The van der Waals surface area contributed by atoms with Gasteiger partial charge in [0.15, 0.2) is 11.5 Å². The first-order chi connectivity index (χ1) is 15.4. The van der Waals surface area contributed by atoms with Crippen LogP contribution in [0.3, 0.4) is 0 Å². The highest BCUT2D eigenvalue weighted by molar-refractivity contribution is 5.93. The first-order valence-electron chi connectivity index (χ1n) is 10.3. The summed E-state index contributed by atoms with van der Waals surface area (Å²) in [6, 6.07) is 6.05. The summed E-state index contributed by atoms with van der Waals surface area (Å²) in [6.07, 6.45) is 2.23. The predicted molar refractivity (Wildman–Crippen MR) is 122 cm³/mol. The molecule has 32 heavy (non-hydrogen) atoms. The van der Waals surface area contributed by atoms with Crippen LogP contribution >= 0.6 is 0 Å². The molecule has 0 aliphatic rings. The number of nitrogens with one attached hydrogen (secondary N) is 1. The Labute approximate surface area is 187 Å². The summed E-state index contributed by atoms with van der Waals surface area (Å²) in [5.41, 5.74) is 1.16. The van der Waals surface area contributed by atoms with Crippen molar-refractivity contribution in [3.05, 3.63) is 42.0 Å². The molecule has 0 unspecified atom stereocenters. The van der Waals surface area contributed by atoms with Crippen molar-refractivity contribution >= 4 is 22.4 Å². The number of aromatic nitrogens is 2. The number of likely N-dealkylation sites (N-methyl/N-ethyl adjacent to an activating group) is 1. The van der Waals surface area contributed by atoms with Crippen LogP contribution in [-0.4, -0.2) is 67.5 Å². The number of ether oxygens (including phenoxy) is 3. The van der Waals surface area contributed by atoms with Gasteiger partial charge in [-0.2, -0.15) is 0 Å². The summed E-state index contributed by atoms with van der Waals surface area (Å²) >= 11 is 0. The van der Waals surface area contributed by atoms with Crippen LogP contribution in [0.5, 0.6) is 17.2 Å². The maximum absolute atomic E-state index is 14.4. The molecule has 1 aromatic heterocycles. The topological polar surface area (TPSA) is 89.0 Å². The lowest BCUT2D eigenvalue weighted by molar-refractivity contribution is 0.156. The highest BCUT2D eigenvalue weighted by Gasteiger charge is 2.15. The molecule has 2 aromatic carbocycles. The van der Waals surface area contributed by atoms with Gasteiger partial charge in [-0.05, 0) is 38.6 Å². The van der Waals surface area contributed by atoms with Crippen LogP contribution < -0.4 is 14.8 Å². The van der Waals surface area contributed by atoms with E-state index >= 15 is 0 Å². The minimum atomic E-state index is -0.491. The second-order valence-corrected chi connectivity index (χ2v) is 7.43. The molecular weight excluding hydrogens is 415 g/mol. The number of anilines is 2. The Hall–Kier alpha value is -3.17. The number of benzene rings is 2. The molecule has 0 radical (unpaired) electrons. The number of phenols is 1. The van der Waals surface area contributed by atoms with Gasteiger partial charge in [0.25, 0.3) is 0 Å². The van der Waals surface area contributed by atoms with E-state index in [2.05, 4.69) is 20.2 Å². The zero-order valence-electron chi connectivity index (χ0n) is 18.8. The molecule has 8 nitrogen and oxygen atoms in total. The molecule has 9 heteroatoms. The van der Waals surface area contributed by atoms with Crippen molar-refractivity contribution in [1.82, 2.24) is 14.9 Å². The van der Waals surface area contributed by atoms with Crippen molar-refractivity contribution in [2.75, 3.05) is 52.9 Å². The zero-order chi connectivity index (χ0) is 23.1. The van der Waals surface area contributed by atoms with Crippen molar-refractivity contribution in [1.29, 1.82) is 0 Å². The van der Waals surface area contributed by atoms with Crippen LogP contribution in [0.2, 0.25) is 0 Å². The average molecular weight is 445 g/mol. The van der Waals surface area contributed by atoms with Crippen molar-refractivity contribution in [2.45, 2.75) is 13.3 Å². The molecule has 2 N–H and O–H groups in total. The number of rotatable bonds is 11. The van der Waals surface area contributed by atoms with Gasteiger partial charge in [0.2, 0.25) is 0 Å². The number of hydrogen-bond acceptors (Lipinski definition) is 8. The molecule has 0 aliphatic carbocycles. The quantitative estimate of drug-likeness (QED) is 0.431. The van der Waals surface area contributed by atoms with E-state index in [1.807, 2.05) is 7.05 Å². The fourth-order valence-corrected chi connectivity index (χ4v) is 3.25. The summed E-state index contributed by atoms with van der Waals surface area (Å²) in [5, 5.41) is 13.5. The minimum Gasteiger partial charge on any atom is -0.508 e. The van der Waals surface area contributed by atoms with Gasteiger partial charge >= 0.3 is 0 Å². The molecule has 3 rings (SSSR count). The van der Waals surface area contributed by atoms with Crippen LogP contribution in [0, 0.1) is 12.7 Å². The first kappa shape index (κ1) is 23.5. The Bertz CT molecular complexity index is 1060. The lowest BCUT2D eigenvalue weighted by Gasteiger charge is -2.17. The van der Waals surface area contributed by atoms with Gasteiger partial charge in [-0.25, -0.2) is 14.4 Å². The van der Waals surface area contributed by atoms with Crippen LogP contribution in [0.1, 0.15) is 12.0 Å². The summed E-state index contributed by atoms with van der Waals surface area (Å²) in [5.74, 6) is 0.996. The number of hydrogen-bond donors (Lipinski definition) is 2. The molecule has 0 aliphatic heterocycles. The number of halogens is 1. The number of aromatic hydroxyl groups is 1. The van der Waals surface area contributed by atoms with Gasteiger partial charge in [-0.3, -0.25) is 0 Å². The third-order valence-electron chi connectivity index (χ3n) is 5.17. The fraction of sp³-hybridized carbons (Fsp3) is 0.391. The van der Waals surface area contributed by atoms with Crippen LogP contribution in [0.25, 0.3) is 10.9 Å². The Kier molecular flexibility index (Phi) is 8.02. The van der Waals surface area contributed by atoms with E-state index in [1.54, 1.807) is 33.3 Å². The monoisotopic (exact) mass is 444 g/mol. The molecule has 0 atom stereocenters. The van der Waals surface area contributed by atoms with Crippen LogP contribution in [-0.2, 0) is 4.74 Å². The van der Waals surface area contributed by atoms with Gasteiger partial charge in [0, 0.05) is 37.2 Å². The molecule has 0 amide bonds. The Morgan fingerprint density at radius 2 is 1.91 bits per heavy atom. The Morgan fingerprint density at radius 1 is 1.09 bits per heavy atom. The van der Waals surface area contributed by atoms with E-state index in [9.17, 15) is 9.50 Å². The SMILES string of the molecule is COCCN(C)CCCOc1cc2ncnc(Nc3c(F)ccc(O)c3C)c2cc1OC. The smallest absolute Gasteiger partial charge is 0.163 e. The van der Waals surface area contributed by atoms with E-state index in [0.29, 0.717) is 47.0 Å². The molecule has 0 fully saturated rings. The maximum Gasteiger partial charge on any atom is 0.163 e. The summed E-state index contributed by atoms with van der Waals surface area (Å²) in [4.78, 5) is 10.8. The molecule has 3 aromatic rings. The zero-order valence-corrected chi connectivity index (χ0v) is 18.8. The van der Waals surface area contributed by atoms with Crippen LogP contribution in [0.4, 0.5) is 15.9 Å². The van der Waals surface area contributed by atoms with Gasteiger partial charge in [-0.15, -0.1) is 0 Å². The fourth-order valence-electron chi connectivity index (χ4n) is 3.25. The van der Waals surface area contributed by atoms with Crippen LogP contribution in [0.15, 0.2) is 30.6 Å². The molecule has 0 saturated carbocycles. The lowest BCUT2D eigenvalue weighted by atomic mass is 10.1. The van der Waals surface area contributed by atoms with Crippen molar-refractivity contribution < 1.29 is 23.7 Å². The first-order valence-corrected chi connectivity index (χ1v) is 10.3. The number of fused-ring (bicyclic) bond motifs is 1. The van der Waals surface area contributed by atoms with E-state index < -0.39 is 5.82 Å². The number of methoxy groups -OCH3 is 2. The average Bonchev–Trinajstić information content (AvgIpc) is 2.80. The lowest BCUT2D eigenvalue weighted by Crippen LogP contribution is -2.25. The highest BCUT2D eigenvalue weighted by atomic mass is 19.1. The molecule has 0 spiro atoms. The van der Waals surface area contributed by atoms with Gasteiger partial charge < -0.3 is 29.5 Å². The second kappa shape index (κ2) is 10.9.